The van der Waals surface area contributed by atoms with Crippen molar-refractivity contribution in [2.75, 3.05) is 0 Å². The summed E-state index contributed by atoms with van der Waals surface area (Å²) in [6, 6.07) is 0. The average Bonchev–Trinajstić information content (AvgIpc) is 1.96. The van der Waals surface area contributed by atoms with Crippen LogP contribution in [-0.2, 0) is 9.47 Å². The van der Waals surface area contributed by atoms with Crippen LogP contribution in [0.4, 0.5) is 0 Å². The first-order valence-corrected chi connectivity index (χ1v) is 4.63. The van der Waals surface area contributed by atoms with Crippen LogP contribution in [0, 0.1) is 0 Å². The standard InChI is InChI=1S/C10H16O2/c1-7-4-5-9-6-8(2)11-10(7,3)12-9/h4,8-9H,5-6H2,1-3H3/t8-,9-,10+/m0/s1. The summed E-state index contributed by atoms with van der Waals surface area (Å²) in [4.78, 5) is 0. The molecular weight excluding hydrogens is 152 g/mol. The van der Waals surface area contributed by atoms with Crippen molar-refractivity contribution < 1.29 is 9.47 Å². The molecule has 0 aromatic rings. The minimum Gasteiger partial charge on any atom is -0.343 e. The molecule has 3 atom stereocenters. The molecule has 2 aliphatic heterocycles. The third kappa shape index (κ3) is 1.19. The van der Waals surface area contributed by atoms with Crippen LogP contribution >= 0.6 is 0 Å². The highest BCUT2D eigenvalue weighted by Crippen LogP contribution is 2.37. The lowest BCUT2D eigenvalue weighted by molar-refractivity contribution is -0.289. The quantitative estimate of drug-likeness (QED) is 0.516. The Morgan fingerprint density at radius 3 is 3.00 bits per heavy atom. The Hall–Kier alpha value is -0.340. The van der Waals surface area contributed by atoms with Crippen molar-refractivity contribution in [3.05, 3.63) is 11.6 Å². The van der Waals surface area contributed by atoms with Gasteiger partial charge in [0.2, 0.25) is 0 Å². The molecule has 2 heteroatoms. The van der Waals surface area contributed by atoms with Crippen LogP contribution in [0.15, 0.2) is 11.6 Å². The van der Waals surface area contributed by atoms with Crippen LogP contribution in [-0.4, -0.2) is 18.0 Å². The van der Waals surface area contributed by atoms with E-state index >= 15 is 0 Å². The lowest BCUT2D eigenvalue weighted by Crippen LogP contribution is -2.48. The summed E-state index contributed by atoms with van der Waals surface area (Å²) in [5, 5.41) is 0. The smallest absolute Gasteiger partial charge is 0.188 e. The van der Waals surface area contributed by atoms with Gasteiger partial charge in [0, 0.05) is 6.42 Å². The highest BCUT2D eigenvalue weighted by atomic mass is 16.7. The van der Waals surface area contributed by atoms with E-state index in [2.05, 4.69) is 19.9 Å². The molecule has 68 valence electrons. The van der Waals surface area contributed by atoms with Crippen molar-refractivity contribution in [1.82, 2.24) is 0 Å². The van der Waals surface area contributed by atoms with Crippen molar-refractivity contribution >= 4 is 0 Å². The topological polar surface area (TPSA) is 18.5 Å². The van der Waals surface area contributed by atoms with Crippen molar-refractivity contribution in [1.29, 1.82) is 0 Å². The third-order valence-electron chi connectivity index (χ3n) is 2.82. The summed E-state index contributed by atoms with van der Waals surface area (Å²) < 4.78 is 11.6. The number of rotatable bonds is 0. The van der Waals surface area contributed by atoms with Gasteiger partial charge in [0.05, 0.1) is 12.2 Å². The van der Waals surface area contributed by atoms with Crippen LogP contribution in [0.25, 0.3) is 0 Å². The van der Waals surface area contributed by atoms with Gasteiger partial charge in [-0.25, -0.2) is 0 Å². The molecule has 0 amide bonds. The first kappa shape index (κ1) is 8.27. The fraction of sp³-hybridized carbons (Fsp3) is 0.800. The van der Waals surface area contributed by atoms with Gasteiger partial charge in [-0.05, 0) is 32.8 Å². The second-order valence-corrected chi connectivity index (χ2v) is 3.97. The van der Waals surface area contributed by atoms with Crippen molar-refractivity contribution in [2.45, 2.75) is 51.6 Å². The van der Waals surface area contributed by atoms with Gasteiger partial charge in [-0.15, -0.1) is 0 Å². The average molecular weight is 168 g/mol. The second-order valence-electron chi connectivity index (χ2n) is 3.97. The van der Waals surface area contributed by atoms with E-state index in [9.17, 15) is 0 Å². The summed E-state index contributed by atoms with van der Waals surface area (Å²) in [5.74, 6) is -0.430. The van der Waals surface area contributed by atoms with Crippen LogP contribution in [0.2, 0.25) is 0 Å². The molecule has 2 aliphatic rings. The zero-order valence-electron chi connectivity index (χ0n) is 7.96. The van der Waals surface area contributed by atoms with E-state index in [0.717, 1.165) is 12.8 Å². The van der Waals surface area contributed by atoms with Gasteiger partial charge in [-0.2, -0.15) is 0 Å². The molecule has 2 bridgehead atoms. The van der Waals surface area contributed by atoms with E-state index in [0.29, 0.717) is 12.2 Å². The minimum atomic E-state index is -0.430. The molecular formula is C10H16O2. The van der Waals surface area contributed by atoms with Gasteiger partial charge >= 0.3 is 0 Å². The Morgan fingerprint density at radius 2 is 2.25 bits per heavy atom. The molecule has 0 unspecified atom stereocenters. The van der Waals surface area contributed by atoms with E-state index in [1.165, 1.54) is 5.57 Å². The Balaban J connectivity index is 2.27. The van der Waals surface area contributed by atoms with Gasteiger partial charge in [-0.3, -0.25) is 0 Å². The lowest BCUT2D eigenvalue weighted by Gasteiger charge is -2.45. The molecule has 1 saturated heterocycles. The molecule has 2 heterocycles. The van der Waals surface area contributed by atoms with E-state index in [1.54, 1.807) is 0 Å². The summed E-state index contributed by atoms with van der Waals surface area (Å²) >= 11 is 0. The van der Waals surface area contributed by atoms with Crippen LogP contribution in [0.3, 0.4) is 0 Å². The Labute approximate surface area is 73.5 Å². The molecule has 0 aromatic carbocycles. The molecule has 0 N–H and O–H groups in total. The normalized spacial score (nSPS) is 47.1. The van der Waals surface area contributed by atoms with E-state index in [4.69, 9.17) is 9.47 Å². The predicted octanol–water partition coefficient (Wildman–Crippen LogP) is 2.25. The summed E-state index contributed by atoms with van der Waals surface area (Å²) in [6.07, 6.45) is 5.02. The van der Waals surface area contributed by atoms with Crippen molar-refractivity contribution in [2.24, 2.45) is 0 Å². The SMILES string of the molecule is CC1=CC[C@H]2C[C@H](C)O[C@]1(C)O2. The monoisotopic (exact) mass is 168 g/mol. The Morgan fingerprint density at radius 1 is 1.50 bits per heavy atom. The highest BCUT2D eigenvalue weighted by molar-refractivity contribution is 5.14. The maximum Gasteiger partial charge on any atom is 0.188 e. The fourth-order valence-corrected chi connectivity index (χ4v) is 2.02. The first-order chi connectivity index (χ1) is 5.60. The Bertz CT molecular complexity index is 222. The maximum absolute atomic E-state index is 5.80. The third-order valence-corrected chi connectivity index (χ3v) is 2.82. The molecule has 0 saturated carbocycles. The minimum absolute atomic E-state index is 0.331. The summed E-state index contributed by atoms with van der Waals surface area (Å²) in [7, 11) is 0. The van der Waals surface area contributed by atoms with Crippen molar-refractivity contribution in [3.63, 3.8) is 0 Å². The number of hydrogen-bond acceptors (Lipinski definition) is 2. The molecule has 0 aromatic heterocycles. The van der Waals surface area contributed by atoms with Gasteiger partial charge in [-0.1, -0.05) is 6.08 Å². The van der Waals surface area contributed by atoms with E-state index in [1.807, 2.05) is 6.92 Å². The molecule has 0 radical (unpaired) electrons. The summed E-state index contributed by atoms with van der Waals surface area (Å²) in [6.45, 7) is 6.21. The van der Waals surface area contributed by atoms with Gasteiger partial charge in [0.1, 0.15) is 0 Å². The largest absolute Gasteiger partial charge is 0.343 e. The second kappa shape index (κ2) is 2.57. The molecule has 0 aliphatic carbocycles. The molecule has 12 heavy (non-hydrogen) atoms. The zero-order valence-corrected chi connectivity index (χ0v) is 7.96. The lowest BCUT2D eigenvalue weighted by atomic mass is 9.96. The molecule has 0 spiro atoms. The molecule has 2 rings (SSSR count). The van der Waals surface area contributed by atoms with Crippen LogP contribution in [0.1, 0.15) is 33.6 Å². The van der Waals surface area contributed by atoms with Gasteiger partial charge in [0.15, 0.2) is 5.79 Å². The maximum atomic E-state index is 5.80. The van der Waals surface area contributed by atoms with Crippen LogP contribution < -0.4 is 0 Å². The molecule has 2 nitrogen and oxygen atoms in total. The molecule has 1 fully saturated rings. The fourth-order valence-electron chi connectivity index (χ4n) is 2.02. The van der Waals surface area contributed by atoms with Crippen LogP contribution in [0.5, 0.6) is 0 Å². The number of hydrogen-bond donors (Lipinski definition) is 0. The van der Waals surface area contributed by atoms with Crippen molar-refractivity contribution in [3.8, 4) is 0 Å². The number of ether oxygens (including phenoxy) is 2. The van der Waals surface area contributed by atoms with Gasteiger partial charge in [0.25, 0.3) is 0 Å². The first-order valence-electron chi connectivity index (χ1n) is 4.63. The zero-order chi connectivity index (χ0) is 8.77. The summed E-state index contributed by atoms with van der Waals surface area (Å²) in [5.41, 5.74) is 1.21. The Kier molecular flexibility index (Phi) is 1.77. The van der Waals surface area contributed by atoms with Gasteiger partial charge < -0.3 is 9.47 Å². The highest BCUT2D eigenvalue weighted by Gasteiger charge is 2.40. The van der Waals surface area contributed by atoms with E-state index in [-0.39, 0.29) is 0 Å². The predicted molar refractivity (Wildman–Crippen MR) is 46.8 cm³/mol. The van der Waals surface area contributed by atoms with E-state index < -0.39 is 5.79 Å². The number of fused-ring (bicyclic) bond motifs is 2.